The van der Waals surface area contributed by atoms with Gasteiger partial charge >= 0.3 is 0 Å². The number of fused-ring (bicyclic) bond motifs is 2. The van der Waals surface area contributed by atoms with E-state index in [1.165, 1.54) is 12.1 Å². The highest BCUT2D eigenvalue weighted by atomic mass is 16.4. The molecule has 0 atom stereocenters. The Morgan fingerprint density at radius 2 is 1.71 bits per heavy atom. The van der Waals surface area contributed by atoms with Gasteiger partial charge < -0.3 is 24.5 Å². The quantitative estimate of drug-likeness (QED) is 0.357. The minimum Gasteiger partial charge on any atom is -0.545 e. The van der Waals surface area contributed by atoms with Crippen LogP contribution in [0.3, 0.4) is 0 Å². The zero-order valence-electron chi connectivity index (χ0n) is 20.8. The molecule has 180 valence electrons. The molecule has 0 bridgehead atoms. The highest BCUT2D eigenvalue weighted by Gasteiger charge is 2.22. The summed E-state index contributed by atoms with van der Waals surface area (Å²) in [6.07, 6.45) is 0. The largest absolute Gasteiger partial charge is 0.545 e. The van der Waals surface area contributed by atoms with Crippen LogP contribution in [0.2, 0.25) is 0 Å². The molecule has 1 amide bonds. The topological polar surface area (TPSA) is 88.6 Å². The fraction of sp³-hybridized carbons (Fsp3) is 0.250. The molecule has 2 aliphatic rings. The number of anilines is 1. The summed E-state index contributed by atoms with van der Waals surface area (Å²) in [6, 6.07) is 16.1. The lowest BCUT2D eigenvalue weighted by molar-refractivity contribution is -0.254. The van der Waals surface area contributed by atoms with Gasteiger partial charge in [0, 0.05) is 65.6 Å². The third kappa shape index (κ3) is 4.62. The number of carboxylic acid groups (broad SMARTS) is 1. The van der Waals surface area contributed by atoms with Crippen LogP contribution < -0.4 is 25.3 Å². The van der Waals surface area contributed by atoms with Crippen molar-refractivity contribution in [2.24, 2.45) is 0 Å². The molecule has 35 heavy (non-hydrogen) atoms. The lowest BCUT2D eigenvalue weighted by Gasteiger charge is -2.20. The Kier molecular flexibility index (Phi) is 6.35. The average molecular weight is 472 g/mol. The molecule has 0 unspecified atom stereocenters. The van der Waals surface area contributed by atoms with Crippen molar-refractivity contribution in [3.8, 4) is 22.5 Å². The molecule has 0 spiro atoms. The molecule has 4 rings (SSSR count). The highest BCUT2D eigenvalue weighted by Crippen LogP contribution is 2.42. The summed E-state index contributed by atoms with van der Waals surface area (Å²) >= 11 is 0. The van der Waals surface area contributed by atoms with Gasteiger partial charge in [0.25, 0.3) is 5.91 Å². The number of carbonyl (C=O) groups is 2. The first kappa shape index (κ1) is 24.0. The van der Waals surface area contributed by atoms with Crippen LogP contribution in [0, 0.1) is 0 Å². The van der Waals surface area contributed by atoms with E-state index in [1.807, 2.05) is 87.9 Å². The smallest absolute Gasteiger partial charge is 0.251 e. The van der Waals surface area contributed by atoms with Crippen LogP contribution in [0.5, 0.6) is 0 Å². The Bertz CT molecular complexity index is 1490. The number of benzene rings is 3. The van der Waals surface area contributed by atoms with Crippen molar-refractivity contribution in [3.63, 3.8) is 0 Å². The minimum absolute atomic E-state index is 0.00766. The number of amides is 1. The summed E-state index contributed by atoms with van der Waals surface area (Å²) in [7, 11) is 7.77. The van der Waals surface area contributed by atoms with Gasteiger partial charge in [-0.3, -0.25) is 4.79 Å². The van der Waals surface area contributed by atoms with Crippen LogP contribution in [0.4, 0.5) is 5.69 Å². The van der Waals surface area contributed by atoms with Crippen molar-refractivity contribution in [2.75, 3.05) is 33.1 Å². The number of rotatable bonds is 5. The van der Waals surface area contributed by atoms with Crippen LogP contribution in [-0.4, -0.2) is 46.1 Å². The first-order valence-corrected chi connectivity index (χ1v) is 11.4. The number of aromatic carboxylic acids is 1. The normalized spacial score (nSPS) is 11.2. The molecule has 0 aromatic heterocycles. The fourth-order valence-electron chi connectivity index (χ4n) is 4.13. The Labute approximate surface area is 204 Å². The summed E-state index contributed by atoms with van der Waals surface area (Å²) in [5, 5.41) is 16.7. The van der Waals surface area contributed by atoms with Gasteiger partial charge in [0.1, 0.15) is 25.4 Å². The third-order valence-corrected chi connectivity index (χ3v) is 5.91. The molecular weight excluding hydrogens is 442 g/mol. The van der Waals surface area contributed by atoms with Gasteiger partial charge in [0.15, 0.2) is 0 Å². The zero-order valence-corrected chi connectivity index (χ0v) is 20.8. The predicted octanol–water partition coefficient (Wildman–Crippen LogP) is 2.80. The molecule has 1 N–H and O–H groups in total. The van der Waals surface area contributed by atoms with Crippen molar-refractivity contribution < 1.29 is 19.1 Å². The summed E-state index contributed by atoms with van der Waals surface area (Å²) in [4.78, 5) is 26.9. The van der Waals surface area contributed by atoms with Crippen molar-refractivity contribution in [3.05, 3.63) is 71.1 Å². The Morgan fingerprint density at radius 1 is 0.971 bits per heavy atom. The van der Waals surface area contributed by atoms with E-state index < -0.39 is 5.97 Å². The molecule has 7 nitrogen and oxygen atoms in total. The van der Waals surface area contributed by atoms with E-state index in [-0.39, 0.29) is 17.5 Å². The second-order valence-electron chi connectivity index (χ2n) is 9.30. The Morgan fingerprint density at radius 3 is 2.34 bits per heavy atom. The number of carbonyl (C=O) groups excluding carboxylic acids is 2. The van der Waals surface area contributed by atoms with Crippen LogP contribution in [0.1, 0.15) is 34.6 Å². The first-order chi connectivity index (χ1) is 16.6. The van der Waals surface area contributed by atoms with Gasteiger partial charge in [-0.05, 0) is 49.7 Å². The van der Waals surface area contributed by atoms with Crippen LogP contribution in [0.15, 0.2) is 59.0 Å². The lowest BCUT2D eigenvalue weighted by Crippen LogP contribution is -2.30. The molecule has 0 saturated carbocycles. The van der Waals surface area contributed by atoms with Crippen molar-refractivity contribution in [1.82, 2.24) is 9.89 Å². The van der Waals surface area contributed by atoms with E-state index in [0.29, 0.717) is 28.0 Å². The molecule has 0 radical (unpaired) electrons. The molecule has 1 aliphatic heterocycles. The second kappa shape index (κ2) is 9.25. The van der Waals surface area contributed by atoms with Gasteiger partial charge in [0.05, 0.1) is 12.0 Å². The molecule has 1 heterocycles. The third-order valence-electron chi connectivity index (χ3n) is 5.91. The Hall–Kier alpha value is -4.13. The highest BCUT2D eigenvalue weighted by molar-refractivity contribution is 6.09. The summed E-state index contributed by atoms with van der Waals surface area (Å²) in [5.41, 5.74) is 3.75. The van der Waals surface area contributed by atoms with Gasteiger partial charge in [-0.2, -0.15) is 0 Å². The van der Waals surface area contributed by atoms with Crippen LogP contribution in [-0.2, 0) is 0 Å². The number of hydrogen-bond acceptors (Lipinski definition) is 5. The molecule has 2 aromatic carbocycles. The molecule has 0 saturated heterocycles. The number of nitrogens with one attached hydrogen (secondary N) is 1. The van der Waals surface area contributed by atoms with Gasteiger partial charge in [0.2, 0.25) is 5.36 Å². The lowest BCUT2D eigenvalue weighted by atomic mass is 9.89. The fourth-order valence-corrected chi connectivity index (χ4v) is 4.13. The van der Waals surface area contributed by atoms with Crippen LogP contribution in [0.25, 0.3) is 33.4 Å². The SMILES string of the molecule is CC(C)NC(=O)c1ccc(C(=O)[O-])c(-c2c3ccc(=[N+](C)C)cc-3oc3cc(N(C)C)ccc23)c1. The number of nitrogens with zero attached hydrogens (tertiary/aromatic N) is 2. The van der Waals surface area contributed by atoms with E-state index in [2.05, 4.69) is 5.32 Å². The molecular formula is C28H29N3O4. The maximum atomic E-state index is 12.8. The van der Waals surface area contributed by atoms with E-state index in [0.717, 1.165) is 22.0 Å². The second-order valence-corrected chi connectivity index (χ2v) is 9.30. The minimum atomic E-state index is -1.31. The molecule has 2 aromatic rings. The van der Waals surface area contributed by atoms with Crippen molar-refractivity contribution >= 4 is 28.5 Å². The van der Waals surface area contributed by atoms with E-state index in [9.17, 15) is 14.7 Å². The maximum absolute atomic E-state index is 12.8. The summed E-state index contributed by atoms with van der Waals surface area (Å²) in [5.74, 6) is -0.978. The monoisotopic (exact) mass is 471 g/mol. The molecule has 7 heteroatoms. The number of hydrogen-bond donors (Lipinski definition) is 1. The maximum Gasteiger partial charge on any atom is 0.251 e. The van der Waals surface area contributed by atoms with Crippen LogP contribution >= 0.6 is 0 Å². The molecule has 1 aliphatic carbocycles. The Balaban J connectivity index is 2.13. The van der Waals surface area contributed by atoms with E-state index in [1.54, 1.807) is 6.07 Å². The van der Waals surface area contributed by atoms with Crippen molar-refractivity contribution in [1.29, 1.82) is 0 Å². The zero-order chi connectivity index (χ0) is 25.4. The number of carboxylic acids is 1. The van der Waals surface area contributed by atoms with Gasteiger partial charge in [-0.1, -0.05) is 6.07 Å². The average Bonchev–Trinajstić information content (AvgIpc) is 2.80. The molecule has 0 fully saturated rings. The van der Waals surface area contributed by atoms with Gasteiger partial charge in [-0.15, -0.1) is 0 Å². The first-order valence-electron chi connectivity index (χ1n) is 11.4. The predicted molar refractivity (Wildman–Crippen MR) is 137 cm³/mol. The van der Waals surface area contributed by atoms with Gasteiger partial charge in [-0.25, -0.2) is 4.58 Å². The van der Waals surface area contributed by atoms with E-state index in [4.69, 9.17) is 4.42 Å². The van der Waals surface area contributed by atoms with E-state index >= 15 is 0 Å². The summed E-state index contributed by atoms with van der Waals surface area (Å²) in [6.45, 7) is 3.75. The standard InChI is InChI=1S/C28H29N3O4/c1-16(2)29-27(32)17-7-10-20(28(33)34)23(13-17)26-21-11-8-18(30(3)4)14-24(21)35-25-15-19(31(5)6)9-12-22(25)26/h7-16H,1-6H3,(H-,29,32,33,34). The van der Waals surface area contributed by atoms with Crippen molar-refractivity contribution in [2.45, 2.75) is 19.9 Å². The summed E-state index contributed by atoms with van der Waals surface area (Å²) < 4.78 is 8.30.